The van der Waals surface area contributed by atoms with Crippen LogP contribution in [-0.4, -0.2) is 6.54 Å². The van der Waals surface area contributed by atoms with Crippen LogP contribution in [0, 0.1) is 17.2 Å². The molecule has 0 aliphatic carbocycles. The van der Waals surface area contributed by atoms with Crippen molar-refractivity contribution in [3.63, 3.8) is 0 Å². The topological polar surface area (TPSA) is 35.8 Å². The first-order chi connectivity index (χ1) is 3.85. The largest absolute Gasteiger partial charge is 0.260 e. The van der Waals surface area contributed by atoms with E-state index in [9.17, 15) is 0 Å². The van der Waals surface area contributed by atoms with Gasteiger partial charge in [0.2, 0.25) is 0 Å². The number of hydrogen-bond donors (Lipinski definition) is 1. The van der Waals surface area contributed by atoms with Gasteiger partial charge in [0, 0.05) is 29.4 Å². The summed E-state index contributed by atoms with van der Waals surface area (Å²) in [5, 5.41) is 8.36. The van der Waals surface area contributed by atoms with Crippen LogP contribution in [-0.2, 0) is 0 Å². The second kappa shape index (κ2) is 5.32. The van der Waals surface area contributed by atoms with Gasteiger partial charge in [-0.15, -0.1) is 0 Å². The molecule has 0 amide bonds. The first kappa shape index (κ1) is 8.18. The fraction of sp³-hybridized carbons (Fsp3) is 0.800. The van der Waals surface area contributed by atoms with E-state index >= 15 is 0 Å². The van der Waals surface area contributed by atoms with Gasteiger partial charge in [-0.05, 0) is 6.42 Å². The smallest absolute Gasteiger partial charge is 0.0669 e. The SMILES string of the molecule is CCC(C#N)CNI. The highest BCUT2D eigenvalue weighted by Crippen LogP contribution is 1.97. The maximum absolute atomic E-state index is 8.36. The minimum absolute atomic E-state index is 0.187. The Labute approximate surface area is 63.8 Å². The fourth-order valence-electron chi connectivity index (χ4n) is 0.374. The van der Waals surface area contributed by atoms with Crippen molar-refractivity contribution in [3.8, 4) is 6.07 Å². The Kier molecular flexibility index (Phi) is 5.44. The molecule has 0 saturated heterocycles. The molecule has 0 rings (SSSR count). The van der Waals surface area contributed by atoms with Crippen LogP contribution in [0.1, 0.15) is 13.3 Å². The third kappa shape index (κ3) is 3.22. The molecular formula is C5H9IN2. The van der Waals surface area contributed by atoms with Crippen molar-refractivity contribution in [3.05, 3.63) is 0 Å². The molecule has 1 atom stereocenters. The molecular weight excluding hydrogens is 215 g/mol. The maximum atomic E-state index is 8.36. The van der Waals surface area contributed by atoms with Gasteiger partial charge < -0.3 is 0 Å². The summed E-state index contributed by atoms with van der Waals surface area (Å²) in [6.07, 6.45) is 0.937. The zero-order valence-corrected chi connectivity index (χ0v) is 6.97. The van der Waals surface area contributed by atoms with E-state index in [2.05, 4.69) is 9.60 Å². The van der Waals surface area contributed by atoms with E-state index in [-0.39, 0.29) is 5.92 Å². The highest BCUT2D eigenvalue weighted by molar-refractivity contribution is 14.1. The van der Waals surface area contributed by atoms with Crippen molar-refractivity contribution in [2.75, 3.05) is 6.54 Å². The molecule has 0 heterocycles. The Balaban J connectivity index is 3.26. The summed E-state index contributed by atoms with van der Waals surface area (Å²) < 4.78 is 2.92. The van der Waals surface area contributed by atoms with Gasteiger partial charge in [0.1, 0.15) is 0 Å². The van der Waals surface area contributed by atoms with Crippen molar-refractivity contribution in [2.45, 2.75) is 13.3 Å². The second-order valence-corrected chi connectivity index (χ2v) is 2.33. The number of nitrogens with one attached hydrogen (secondary N) is 1. The Bertz CT molecular complexity index is 86.9. The Morgan fingerprint density at radius 2 is 2.50 bits per heavy atom. The Morgan fingerprint density at radius 1 is 1.88 bits per heavy atom. The van der Waals surface area contributed by atoms with Gasteiger partial charge in [0.05, 0.1) is 12.0 Å². The van der Waals surface area contributed by atoms with Crippen LogP contribution in [0.5, 0.6) is 0 Å². The number of nitriles is 1. The minimum Gasteiger partial charge on any atom is -0.260 e. The molecule has 2 nitrogen and oxygen atoms in total. The van der Waals surface area contributed by atoms with Gasteiger partial charge >= 0.3 is 0 Å². The second-order valence-electron chi connectivity index (χ2n) is 1.57. The molecule has 0 saturated carbocycles. The third-order valence-corrected chi connectivity index (χ3v) is 1.44. The average Bonchev–Trinajstić information content (AvgIpc) is 1.83. The lowest BCUT2D eigenvalue weighted by atomic mass is 10.1. The lowest BCUT2D eigenvalue weighted by Gasteiger charge is -1.99. The van der Waals surface area contributed by atoms with Gasteiger partial charge in [-0.25, -0.2) is 0 Å². The third-order valence-electron chi connectivity index (χ3n) is 0.999. The Morgan fingerprint density at radius 3 is 2.62 bits per heavy atom. The van der Waals surface area contributed by atoms with Crippen molar-refractivity contribution < 1.29 is 0 Å². The van der Waals surface area contributed by atoms with Gasteiger partial charge in [-0.2, -0.15) is 5.26 Å². The maximum Gasteiger partial charge on any atom is 0.0669 e. The molecule has 0 radical (unpaired) electrons. The predicted octanol–water partition coefficient (Wildman–Crippen LogP) is 1.48. The summed E-state index contributed by atoms with van der Waals surface area (Å²) in [5.41, 5.74) is 0. The normalized spacial score (nSPS) is 12.6. The lowest BCUT2D eigenvalue weighted by Crippen LogP contribution is -2.11. The molecule has 1 N–H and O–H groups in total. The number of nitrogens with zero attached hydrogens (tertiary/aromatic N) is 1. The zero-order chi connectivity index (χ0) is 6.41. The molecule has 0 spiro atoms. The molecule has 0 aliphatic heterocycles. The van der Waals surface area contributed by atoms with E-state index < -0.39 is 0 Å². The van der Waals surface area contributed by atoms with E-state index in [0.717, 1.165) is 13.0 Å². The minimum atomic E-state index is 0.187. The summed E-state index contributed by atoms with van der Waals surface area (Å²) in [7, 11) is 0. The highest BCUT2D eigenvalue weighted by atomic mass is 127. The molecule has 0 aromatic carbocycles. The summed E-state index contributed by atoms with van der Waals surface area (Å²) >= 11 is 2.05. The molecule has 0 aliphatic rings. The molecule has 0 bridgehead atoms. The van der Waals surface area contributed by atoms with Crippen LogP contribution < -0.4 is 3.53 Å². The van der Waals surface area contributed by atoms with Crippen molar-refractivity contribution in [1.29, 1.82) is 5.26 Å². The molecule has 0 aromatic rings. The monoisotopic (exact) mass is 224 g/mol. The molecule has 8 heavy (non-hydrogen) atoms. The average molecular weight is 224 g/mol. The van der Waals surface area contributed by atoms with Crippen molar-refractivity contribution in [2.24, 2.45) is 5.92 Å². The van der Waals surface area contributed by atoms with E-state index in [1.165, 1.54) is 0 Å². The van der Waals surface area contributed by atoms with Crippen LogP contribution >= 0.6 is 22.9 Å². The molecule has 3 heteroatoms. The van der Waals surface area contributed by atoms with Crippen LogP contribution in [0.15, 0.2) is 0 Å². The summed E-state index contributed by atoms with van der Waals surface area (Å²) in [6, 6.07) is 2.19. The summed E-state index contributed by atoms with van der Waals surface area (Å²) in [5.74, 6) is 0.187. The summed E-state index contributed by atoms with van der Waals surface area (Å²) in [4.78, 5) is 0. The van der Waals surface area contributed by atoms with Crippen molar-refractivity contribution in [1.82, 2.24) is 3.53 Å². The standard InChI is InChI=1S/C5H9IN2/c1-2-5(3-7)4-8-6/h5,8H,2,4H2,1H3. The Hall–Kier alpha value is 0.180. The van der Waals surface area contributed by atoms with Crippen LogP contribution in [0.2, 0.25) is 0 Å². The van der Waals surface area contributed by atoms with Crippen LogP contribution in [0.3, 0.4) is 0 Å². The quantitative estimate of drug-likeness (QED) is 0.582. The van der Waals surface area contributed by atoms with E-state index in [1.807, 2.05) is 29.8 Å². The fourth-order valence-corrected chi connectivity index (χ4v) is 0.906. The van der Waals surface area contributed by atoms with Gasteiger partial charge in [-0.1, -0.05) is 6.92 Å². The number of hydrogen-bond acceptors (Lipinski definition) is 2. The number of halogens is 1. The van der Waals surface area contributed by atoms with Crippen LogP contribution in [0.25, 0.3) is 0 Å². The van der Waals surface area contributed by atoms with Gasteiger partial charge in [0.25, 0.3) is 0 Å². The molecule has 46 valence electrons. The van der Waals surface area contributed by atoms with Crippen molar-refractivity contribution >= 4 is 22.9 Å². The van der Waals surface area contributed by atoms with E-state index in [0.29, 0.717) is 0 Å². The van der Waals surface area contributed by atoms with Crippen LogP contribution in [0.4, 0.5) is 0 Å². The lowest BCUT2D eigenvalue weighted by molar-refractivity contribution is 0.640. The van der Waals surface area contributed by atoms with E-state index in [1.54, 1.807) is 0 Å². The van der Waals surface area contributed by atoms with Gasteiger partial charge in [-0.3, -0.25) is 3.53 Å². The predicted molar refractivity (Wildman–Crippen MR) is 41.4 cm³/mol. The number of rotatable bonds is 3. The first-order valence-corrected chi connectivity index (χ1v) is 3.66. The highest BCUT2D eigenvalue weighted by Gasteiger charge is 1.99. The van der Waals surface area contributed by atoms with Gasteiger partial charge in [0.15, 0.2) is 0 Å². The molecule has 1 unspecified atom stereocenters. The molecule has 0 fully saturated rings. The molecule has 0 aromatic heterocycles. The zero-order valence-electron chi connectivity index (χ0n) is 4.82. The summed E-state index contributed by atoms with van der Waals surface area (Å²) in [6.45, 7) is 2.81. The van der Waals surface area contributed by atoms with E-state index in [4.69, 9.17) is 5.26 Å². The first-order valence-electron chi connectivity index (χ1n) is 2.58.